The van der Waals surface area contributed by atoms with Crippen molar-refractivity contribution in [1.82, 2.24) is 15.5 Å². The number of carbonyl (C=O) groups excluding carboxylic acids is 1. The molecule has 1 aromatic rings. The molecule has 2 amide bonds. The summed E-state index contributed by atoms with van der Waals surface area (Å²) in [6.45, 7) is 3.56. The van der Waals surface area contributed by atoms with Crippen LogP contribution in [-0.2, 0) is 0 Å². The number of hydrogen-bond acceptors (Lipinski definition) is 2. The van der Waals surface area contributed by atoms with Crippen LogP contribution in [0.2, 0.25) is 5.02 Å². The molecule has 0 unspecified atom stereocenters. The highest BCUT2D eigenvalue weighted by molar-refractivity contribution is 6.30. The highest BCUT2D eigenvalue weighted by Gasteiger charge is 2.25. The fraction of sp³-hybridized carbons (Fsp3) is 0.562. The topological polar surface area (TPSA) is 44.4 Å². The molecule has 0 aliphatic carbocycles. The highest BCUT2D eigenvalue weighted by atomic mass is 35.5. The van der Waals surface area contributed by atoms with Crippen molar-refractivity contribution in [2.24, 2.45) is 0 Å². The number of benzene rings is 1. The van der Waals surface area contributed by atoms with Crippen LogP contribution in [-0.4, -0.2) is 43.2 Å². The van der Waals surface area contributed by atoms with E-state index < -0.39 is 0 Å². The van der Waals surface area contributed by atoms with Gasteiger partial charge in [0.2, 0.25) is 0 Å². The minimum absolute atomic E-state index is 0.0956. The molecule has 2 heterocycles. The molecule has 2 aliphatic rings. The summed E-state index contributed by atoms with van der Waals surface area (Å²) in [7, 11) is 0. The summed E-state index contributed by atoms with van der Waals surface area (Å²) in [6, 6.07) is 8.50. The summed E-state index contributed by atoms with van der Waals surface area (Å²) >= 11 is 5.93. The van der Waals surface area contributed by atoms with Gasteiger partial charge in [0.1, 0.15) is 0 Å². The van der Waals surface area contributed by atoms with Crippen molar-refractivity contribution >= 4 is 17.6 Å². The first-order chi connectivity index (χ1) is 10.2. The van der Waals surface area contributed by atoms with Crippen molar-refractivity contribution in [1.29, 1.82) is 0 Å². The number of nitrogens with zero attached hydrogens (tertiary/aromatic N) is 1. The molecule has 2 saturated heterocycles. The Kier molecular flexibility index (Phi) is 4.66. The lowest BCUT2D eigenvalue weighted by Gasteiger charge is -2.33. The second-order valence-electron chi connectivity index (χ2n) is 5.95. The van der Waals surface area contributed by atoms with Crippen LogP contribution in [0.1, 0.15) is 30.7 Å². The number of carbonyl (C=O) groups is 1. The Hall–Kier alpha value is -1.26. The molecular formula is C16H22ClN3O. The van der Waals surface area contributed by atoms with E-state index in [1.54, 1.807) is 0 Å². The van der Waals surface area contributed by atoms with Gasteiger partial charge < -0.3 is 15.5 Å². The lowest BCUT2D eigenvalue weighted by atomic mass is 9.89. The maximum atomic E-state index is 12.2. The van der Waals surface area contributed by atoms with Gasteiger partial charge in [-0.25, -0.2) is 4.79 Å². The number of rotatable bonds is 2. The lowest BCUT2D eigenvalue weighted by Crippen LogP contribution is -2.48. The van der Waals surface area contributed by atoms with Crippen LogP contribution >= 0.6 is 11.6 Å². The molecule has 0 bridgehead atoms. The fourth-order valence-electron chi connectivity index (χ4n) is 3.19. The smallest absolute Gasteiger partial charge is 0.317 e. The zero-order chi connectivity index (χ0) is 14.7. The third-order valence-electron chi connectivity index (χ3n) is 4.51. The molecule has 3 rings (SSSR count). The van der Waals surface area contributed by atoms with Gasteiger partial charge in [0.15, 0.2) is 0 Å². The Morgan fingerprint density at radius 2 is 1.90 bits per heavy atom. The van der Waals surface area contributed by atoms with Crippen LogP contribution in [0.5, 0.6) is 0 Å². The number of amides is 2. The number of halogens is 1. The van der Waals surface area contributed by atoms with Gasteiger partial charge in [-0.2, -0.15) is 0 Å². The van der Waals surface area contributed by atoms with E-state index in [1.165, 1.54) is 5.56 Å². The number of hydrogen-bond donors (Lipinski definition) is 2. The zero-order valence-electron chi connectivity index (χ0n) is 12.1. The molecule has 114 valence electrons. The van der Waals surface area contributed by atoms with Gasteiger partial charge >= 0.3 is 6.03 Å². The Morgan fingerprint density at radius 3 is 2.52 bits per heavy atom. The summed E-state index contributed by atoms with van der Waals surface area (Å²) < 4.78 is 0. The van der Waals surface area contributed by atoms with Gasteiger partial charge in [0.05, 0.1) is 0 Å². The van der Waals surface area contributed by atoms with E-state index in [4.69, 9.17) is 11.6 Å². The lowest BCUT2D eigenvalue weighted by molar-refractivity contribution is 0.178. The summed E-state index contributed by atoms with van der Waals surface area (Å²) in [5.41, 5.74) is 1.33. The molecule has 4 nitrogen and oxygen atoms in total. The van der Waals surface area contributed by atoms with Crippen molar-refractivity contribution in [2.75, 3.05) is 26.2 Å². The first-order valence-electron chi connectivity index (χ1n) is 7.74. The molecule has 2 fully saturated rings. The third kappa shape index (κ3) is 3.69. The Morgan fingerprint density at radius 1 is 1.19 bits per heavy atom. The second kappa shape index (κ2) is 6.67. The van der Waals surface area contributed by atoms with Crippen molar-refractivity contribution in [3.05, 3.63) is 34.9 Å². The molecule has 0 radical (unpaired) electrons. The molecule has 2 N–H and O–H groups in total. The molecule has 0 saturated carbocycles. The third-order valence-corrected chi connectivity index (χ3v) is 4.76. The van der Waals surface area contributed by atoms with Gasteiger partial charge in [-0.05, 0) is 49.4 Å². The SMILES string of the molecule is O=C(N[C@@H]1CCNC1)N1CCC(c2ccc(Cl)cc2)CC1. The summed E-state index contributed by atoms with van der Waals surface area (Å²) in [5, 5.41) is 7.17. The van der Waals surface area contributed by atoms with E-state index >= 15 is 0 Å². The second-order valence-corrected chi connectivity index (χ2v) is 6.39. The molecule has 0 spiro atoms. The minimum atomic E-state index is 0.0956. The predicted molar refractivity (Wildman–Crippen MR) is 84.8 cm³/mol. The van der Waals surface area contributed by atoms with Gasteiger partial charge in [0, 0.05) is 30.7 Å². The van der Waals surface area contributed by atoms with Gasteiger partial charge in [-0.1, -0.05) is 23.7 Å². The van der Waals surface area contributed by atoms with E-state index in [9.17, 15) is 4.79 Å². The Bertz CT molecular complexity index is 477. The number of piperidine rings is 1. The first kappa shape index (κ1) is 14.7. The summed E-state index contributed by atoms with van der Waals surface area (Å²) in [5.74, 6) is 0.541. The standard InChI is InChI=1S/C16H22ClN3O/c17-14-3-1-12(2-4-14)13-6-9-20(10-7-13)16(21)19-15-5-8-18-11-15/h1-4,13,15,18H,5-11H2,(H,19,21)/t15-/m1/s1. The maximum absolute atomic E-state index is 12.2. The summed E-state index contributed by atoms with van der Waals surface area (Å²) in [4.78, 5) is 14.2. The monoisotopic (exact) mass is 307 g/mol. The molecule has 5 heteroatoms. The Balaban J connectivity index is 1.50. The molecular weight excluding hydrogens is 286 g/mol. The molecule has 21 heavy (non-hydrogen) atoms. The van der Waals surface area contributed by atoms with Crippen LogP contribution in [0, 0.1) is 0 Å². The van der Waals surface area contributed by atoms with Crippen LogP contribution in [0.4, 0.5) is 4.79 Å². The van der Waals surface area contributed by atoms with Crippen LogP contribution in [0.25, 0.3) is 0 Å². The van der Waals surface area contributed by atoms with Crippen molar-refractivity contribution in [3.8, 4) is 0 Å². The van der Waals surface area contributed by atoms with Gasteiger partial charge in [0.25, 0.3) is 0 Å². The molecule has 1 aromatic carbocycles. The van der Waals surface area contributed by atoms with E-state index in [0.29, 0.717) is 12.0 Å². The summed E-state index contributed by atoms with van der Waals surface area (Å²) in [6.07, 6.45) is 3.09. The molecule has 1 atom stereocenters. The van der Waals surface area contributed by atoms with E-state index in [0.717, 1.165) is 50.5 Å². The van der Waals surface area contributed by atoms with E-state index in [1.807, 2.05) is 17.0 Å². The average molecular weight is 308 g/mol. The van der Waals surface area contributed by atoms with Crippen molar-refractivity contribution in [3.63, 3.8) is 0 Å². The molecule has 2 aliphatic heterocycles. The Labute approximate surface area is 130 Å². The fourth-order valence-corrected chi connectivity index (χ4v) is 3.32. The van der Waals surface area contributed by atoms with Crippen molar-refractivity contribution in [2.45, 2.75) is 31.2 Å². The maximum Gasteiger partial charge on any atom is 0.317 e. The normalized spacial score (nSPS) is 23.3. The van der Waals surface area contributed by atoms with E-state index in [2.05, 4.69) is 22.8 Å². The molecule has 0 aromatic heterocycles. The number of urea groups is 1. The van der Waals surface area contributed by atoms with Gasteiger partial charge in [-0.3, -0.25) is 0 Å². The largest absolute Gasteiger partial charge is 0.334 e. The van der Waals surface area contributed by atoms with Gasteiger partial charge in [-0.15, -0.1) is 0 Å². The van der Waals surface area contributed by atoms with Crippen LogP contribution < -0.4 is 10.6 Å². The quantitative estimate of drug-likeness (QED) is 0.882. The first-order valence-corrected chi connectivity index (χ1v) is 8.12. The van der Waals surface area contributed by atoms with Crippen molar-refractivity contribution < 1.29 is 4.79 Å². The highest BCUT2D eigenvalue weighted by Crippen LogP contribution is 2.28. The van der Waals surface area contributed by atoms with E-state index in [-0.39, 0.29) is 6.03 Å². The minimum Gasteiger partial charge on any atom is -0.334 e. The average Bonchev–Trinajstić information content (AvgIpc) is 3.01. The number of likely N-dealkylation sites (tertiary alicyclic amines) is 1. The van der Waals surface area contributed by atoms with Crippen LogP contribution in [0.3, 0.4) is 0 Å². The van der Waals surface area contributed by atoms with Crippen LogP contribution in [0.15, 0.2) is 24.3 Å². The predicted octanol–water partition coefficient (Wildman–Crippen LogP) is 2.59. The zero-order valence-corrected chi connectivity index (χ0v) is 12.9. The number of nitrogens with one attached hydrogen (secondary N) is 2.